The number of carbonyl (C=O) groups excluding carboxylic acids is 1. The Labute approximate surface area is 163 Å². The third-order valence-corrected chi connectivity index (χ3v) is 4.38. The minimum absolute atomic E-state index is 0.0919. The van der Waals surface area contributed by atoms with Crippen molar-refractivity contribution in [1.29, 1.82) is 0 Å². The number of aromatic hydroxyl groups is 1. The van der Waals surface area contributed by atoms with Gasteiger partial charge in [-0.2, -0.15) is 0 Å². The number of ketones is 1. The number of benzene rings is 2. The number of ether oxygens (including phenoxy) is 4. The SMILES string of the molecule is COc1cc(/C=C2\Oc3c(ccc(O)c3CN(C)C)C2=O)cc(OC)c1OC. The first kappa shape index (κ1) is 19.6. The lowest BCUT2D eigenvalue weighted by molar-refractivity contribution is 0.101. The molecule has 1 aliphatic heterocycles. The van der Waals surface area contributed by atoms with Crippen molar-refractivity contribution in [3.63, 3.8) is 0 Å². The third-order valence-electron chi connectivity index (χ3n) is 4.38. The topological polar surface area (TPSA) is 77.5 Å². The number of nitrogens with zero attached hydrogens (tertiary/aromatic N) is 1. The van der Waals surface area contributed by atoms with Gasteiger partial charge in [-0.1, -0.05) is 0 Å². The molecule has 1 N–H and O–H groups in total. The van der Waals surface area contributed by atoms with Crippen LogP contribution in [-0.2, 0) is 6.54 Å². The van der Waals surface area contributed by atoms with Crippen molar-refractivity contribution in [1.82, 2.24) is 4.90 Å². The average Bonchev–Trinajstić information content (AvgIpc) is 2.98. The van der Waals surface area contributed by atoms with Crippen LogP contribution in [0.15, 0.2) is 30.0 Å². The van der Waals surface area contributed by atoms with Crippen molar-refractivity contribution in [3.05, 3.63) is 46.7 Å². The fraction of sp³-hybridized carbons (Fsp3) is 0.286. The second kappa shape index (κ2) is 7.82. The molecule has 3 rings (SSSR count). The number of hydrogen-bond donors (Lipinski definition) is 1. The van der Waals surface area contributed by atoms with Crippen LogP contribution in [-0.4, -0.2) is 51.2 Å². The number of methoxy groups -OCH3 is 3. The van der Waals surface area contributed by atoms with E-state index in [0.29, 0.717) is 46.2 Å². The summed E-state index contributed by atoms with van der Waals surface area (Å²) in [4.78, 5) is 14.7. The highest BCUT2D eigenvalue weighted by molar-refractivity contribution is 6.15. The molecule has 28 heavy (non-hydrogen) atoms. The Balaban J connectivity index is 2.04. The molecule has 7 heteroatoms. The van der Waals surface area contributed by atoms with Gasteiger partial charge >= 0.3 is 0 Å². The molecule has 1 heterocycles. The first-order valence-electron chi connectivity index (χ1n) is 8.63. The van der Waals surface area contributed by atoms with Gasteiger partial charge in [0.05, 0.1) is 32.5 Å². The van der Waals surface area contributed by atoms with Crippen LogP contribution in [0.3, 0.4) is 0 Å². The van der Waals surface area contributed by atoms with Crippen LogP contribution < -0.4 is 18.9 Å². The number of carbonyl (C=O) groups is 1. The van der Waals surface area contributed by atoms with Crippen LogP contribution in [0.1, 0.15) is 21.5 Å². The Hall–Kier alpha value is -3.19. The van der Waals surface area contributed by atoms with Crippen molar-refractivity contribution >= 4 is 11.9 Å². The van der Waals surface area contributed by atoms with Gasteiger partial charge in [-0.15, -0.1) is 0 Å². The van der Waals surface area contributed by atoms with Gasteiger partial charge in [-0.25, -0.2) is 0 Å². The second-order valence-electron chi connectivity index (χ2n) is 6.58. The highest BCUT2D eigenvalue weighted by Gasteiger charge is 2.31. The summed E-state index contributed by atoms with van der Waals surface area (Å²) in [6.45, 7) is 0.444. The number of allylic oxidation sites excluding steroid dienone is 1. The van der Waals surface area contributed by atoms with Crippen LogP contribution in [0.5, 0.6) is 28.7 Å². The van der Waals surface area contributed by atoms with Crippen LogP contribution >= 0.6 is 0 Å². The number of fused-ring (bicyclic) bond motifs is 1. The molecule has 0 amide bonds. The second-order valence-corrected chi connectivity index (χ2v) is 6.58. The van der Waals surface area contributed by atoms with E-state index in [1.807, 2.05) is 19.0 Å². The lowest BCUT2D eigenvalue weighted by Crippen LogP contribution is -2.11. The van der Waals surface area contributed by atoms with Crippen LogP contribution in [0.25, 0.3) is 6.08 Å². The maximum absolute atomic E-state index is 12.8. The van der Waals surface area contributed by atoms with Gasteiger partial charge in [0.25, 0.3) is 0 Å². The van der Waals surface area contributed by atoms with Crippen molar-refractivity contribution in [2.75, 3.05) is 35.4 Å². The predicted molar refractivity (Wildman–Crippen MR) is 105 cm³/mol. The first-order chi connectivity index (χ1) is 13.4. The molecule has 148 valence electrons. The summed E-state index contributed by atoms with van der Waals surface area (Å²) in [7, 11) is 8.33. The molecule has 1 aliphatic rings. The summed E-state index contributed by atoms with van der Waals surface area (Å²) < 4.78 is 21.9. The summed E-state index contributed by atoms with van der Waals surface area (Å²) in [5.41, 5.74) is 1.65. The van der Waals surface area contributed by atoms with E-state index in [4.69, 9.17) is 18.9 Å². The fourth-order valence-corrected chi connectivity index (χ4v) is 3.10. The van der Waals surface area contributed by atoms with E-state index < -0.39 is 0 Å². The number of hydrogen-bond acceptors (Lipinski definition) is 7. The molecule has 0 spiro atoms. The lowest BCUT2D eigenvalue weighted by Gasteiger charge is -2.14. The van der Waals surface area contributed by atoms with E-state index in [1.165, 1.54) is 27.4 Å². The molecular formula is C21H23NO6. The molecule has 0 saturated heterocycles. The molecule has 7 nitrogen and oxygen atoms in total. The Bertz CT molecular complexity index is 923. The molecule has 0 radical (unpaired) electrons. The van der Waals surface area contributed by atoms with Gasteiger partial charge in [-0.05, 0) is 50.0 Å². The van der Waals surface area contributed by atoms with E-state index in [2.05, 4.69) is 0 Å². The van der Waals surface area contributed by atoms with Crippen LogP contribution in [0, 0.1) is 0 Å². The minimum Gasteiger partial charge on any atom is -0.507 e. The molecule has 0 saturated carbocycles. The monoisotopic (exact) mass is 385 g/mol. The van der Waals surface area contributed by atoms with Crippen molar-refractivity contribution in [2.45, 2.75) is 6.54 Å². The summed E-state index contributed by atoms with van der Waals surface area (Å²) >= 11 is 0. The normalized spacial score (nSPS) is 14.2. The predicted octanol–water partition coefficient (Wildman–Crippen LogP) is 3.10. The quantitative estimate of drug-likeness (QED) is 0.766. The Morgan fingerprint density at radius 2 is 1.71 bits per heavy atom. The molecule has 2 aromatic rings. The highest BCUT2D eigenvalue weighted by Crippen LogP contribution is 2.42. The summed E-state index contributed by atoms with van der Waals surface area (Å²) in [5, 5.41) is 10.2. The molecule has 2 aromatic carbocycles. The van der Waals surface area contributed by atoms with Crippen molar-refractivity contribution in [3.8, 4) is 28.7 Å². The fourth-order valence-electron chi connectivity index (χ4n) is 3.10. The van der Waals surface area contributed by atoms with E-state index in [-0.39, 0.29) is 17.3 Å². The standard InChI is InChI=1S/C21H23NO6/c1-22(2)11-14-15(23)7-6-13-19(24)16(28-20(13)14)8-12-9-17(25-3)21(27-5)18(10-12)26-4/h6-10,23H,11H2,1-5H3/b16-8-. The zero-order valence-electron chi connectivity index (χ0n) is 16.5. The Kier molecular flexibility index (Phi) is 5.46. The molecule has 0 fully saturated rings. The van der Waals surface area contributed by atoms with E-state index in [0.717, 1.165) is 0 Å². The third kappa shape index (κ3) is 3.48. The number of phenols is 1. The lowest BCUT2D eigenvalue weighted by atomic mass is 10.0. The zero-order valence-corrected chi connectivity index (χ0v) is 16.5. The maximum atomic E-state index is 12.8. The van der Waals surface area contributed by atoms with Crippen LogP contribution in [0.4, 0.5) is 0 Å². The van der Waals surface area contributed by atoms with E-state index in [9.17, 15) is 9.90 Å². The maximum Gasteiger partial charge on any atom is 0.231 e. The zero-order chi connectivity index (χ0) is 20.4. The summed E-state index contributed by atoms with van der Waals surface area (Å²) in [5.74, 6) is 1.81. The first-order valence-corrected chi connectivity index (χ1v) is 8.63. The average molecular weight is 385 g/mol. The Morgan fingerprint density at radius 1 is 1.07 bits per heavy atom. The summed E-state index contributed by atoms with van der Waals surface area (Å²) in [6.07, 6.45) is 1.61. The van der Waals surface area contributed by atoms with E-state index in [1.54, 1.807) is 24.3 Å². The minimum atomic E-state index is -0.247. The summed E-state index contributed by atoms with van der Waals surface area (Å²) in [6, 6.07) is 6.54. The molecule has 0 atom stereocenters. The van der Waals surface area contributed by atoms with Gasteiger partial charge in [0, 0.05) is 6.54 Å². The van der Waals surface area contributed by atoms with Gasteiger partial charge < -0.3 is 29.0 Å². The van der Waals surface area contributed by atoms with Crippen molar-refractivity contribution in [2.24, 2.45) is 0 Å². The van der Waals surface area contributed by atoms with Gasteiger partial charge in [0.2, 0.25) is 11.5 Å². The molecular weight excluding hydrogens is 362 g/mol. The van der Waals surface area contributed by atoms with Gasteiger partial charge in [0.1, 0.15) is 11.5 Å². The number of Topliss-reactive ketones (excluding diaryl/α,β-unsaturated/α-hetero) is 1. The number of phenolic OH excluding ortho intramolecular Hbond substituents is 1. The number of rotatable bonds is 6. The van der Waals surface area contributed by atoms with Crippen molar-refractivity contribution < 1.29 is 28.8 Å². The Morgan fingerprint density at radius 3 is 2.25 bits per heavy atom. The van der Waals surface area contributed by atoms with Gasteiger partial charge in [0.15, 0.2) is 17.3 Å². The highest BCUT2D eigenvalue weighted by atomic mass is 16.5. The molecule has 0 bridgehead atoms. The largest absolute Gasteiger partial charge is 0.507 e. The molecule has 0 aliphatic carbocycles. The van der Waals surface area contributed by atoms with Gasteiger partial charge in [-0.3, -0.25) is 4.79 Å². The smallest absolute Gasteiger partial charge is 0.231 e. The van der Waals surface area contributed by atoms with E-state index >= 15 is 0 Å². The molecule has 0 aromatic heterocycles. The van der Waals surface area contributed by atoms with Crippen LogP contribution in [0.2, 0.25) is 0 Å². The molecule has 0 unspecified atom stereocenters.